The Morgan fingerprint density at radius 2 is 2.12 bits per heavy atom. The molecule has 134 valence electrons. The van der Waals surface area contributed by atoms with Crippen molar-refractivity contribution >= 4 is 27.5 Å². The van der Waals surface area contributed by atoms with Gasteiger partial charge in [-0.3, -0.25) is 4.79 Å². The van der Waals surface area contributed by atoms with E-state index in [1.807, 2.05) is 49.4 Å². The van der Waals surface area contributed by atoms with Crippen molar-refractivity contribution in [1.82, 2.24) is 14.8 Å². The number of aryl methyl sites for hydroxylation is 1. The molecule has 1 aromatic heterocycles. The number of nitrogens with zero attached hydrogens (tertiary/aromatic N) is 3. The van der Waals surface area contributed by atoms with E-state index in [2.05, 4.69) is 31.3 Å². The second kappa shape index (κ2) is 8.14. The molecule has 1 amide bonds. The minimum atomic E-state index is -0.645. The van der Waals surface area contributed by atoms with Gasteiger partial charge in [0.15, 0.2) is 6.10 Å². The van der Waals surface area contributed by atoms with Crippen molar-refractivity contribution < 1.29 is 9.53 Å². The van der Waals surface area contributed by atoms with Crippen LogP contribution in [-0.4, -0.2) is 26.8 Å². The molecule has 6 nitrogen and oxygen atoms in total. The summed E-state index contributed by atoms with van der Waals surface area (Å²) in [5, 5.41) is 7.04. The van der Waals surface area contributed by atoms with E-state index in [0.29, 0.717) is 12.3 Å². The molecule has 3 aromatic rings. The highest BCUT2D eigenvalue weighted by Crippen LogP contribution is 2.27. The number of hydrogen-bond acceptors (Lipinski definition) is 4. The van der Waals surface area contributed by atoms with E-state index < -0.39 is 6.10 Å². The predicted octanol–water partition coefficient (Wildman–Crippen LogP) is 3.80. The Labute approximate surface area is 160 Å². The lowest BCUT2D eigenvalue weighted by atomic mass is 10.1. The van der Waals surface area contributed by atoms with E-state index in [1.165, 1.54) is 6.33 Å². The molecule has 0 spiro atoms. The molecule has 1 N–H and O–H groups in total. The van der Waals surface area contributed by atoms with Crippen LogP contribution in [0.15, 0.2) is 59.6 Å². The Kier molecular flexibility index (Phi) is 5.68. The number of ether oxygens (including phenoxy) is 1. The van der Waals surface area contributed by atoms with Gasteiger partial charge < -0.3 is 10.1 Å². The normalized spacial score (nSPS) is 11.8. The van der Waals surface area contributed by atoms with Crippen molar-refractivity contribution in [1.29, 1.82) is 0 Å². The molecular formula is C19H19BrN4O2. The molecule has 0 aliphatic heterocycles. The maximum absolute atomic E-state index is 12.6. The first-order valence-electron chi connectivity index (χ1n) is 8.17. The van der Waals surface area contributed by atoms with Crippen molar-refractivity contribution in [3.05, 3.63) is 70.7 Å². The zero-order chi connectivity index (χ0) is 18.5. The molecule has 0 fully saturated rings. The molecule has 26 heavy (non-hydrogen) atoms. The summed E-state index contributed by atoms with van der Waals surface area (Å²) in [4.78, 5) is 16.5. The van der Waals surface area contributed by atoms with Crippen molar-refractivity contribution in [3.63, 3.8) is 0 Å². The number of nitrogens with one attached hydrogen (secondary N) is 1. The summed E-state index contributed by atoms with van der Waals surface area (Å²) in [7, 11) is 0. The number of amides is 1. The smallest absolute Gasteiger partial charge is 0.265 e. The molecule has 0 bridgehead atoms. The quantitative estimate of drug-likeness (QED) is 0.665. The third kappa shape index (κ3) is 4.49. The molecule has 0 saturated heterocycles. The van der Waals surface area contributed by atoms with Crippen LogP contribution in [0.25, 0.3) is 0 Å². The number of carbonyl (C=O) groups excluding carboxylic acids is 1. The fourth-order valence-electron chi connectivity index (χ4n) is 2.45. The average Bonchev–Trinajstić information content (AvgIpc) is 3.12. The van der Waals surface area contributed by atoms with E-state index in [9.17, 15) is 4.79 Å². The fraction of sp³-hybridized carbons (Fsp3) is 0.211. The first-order chi connectivity index (χ1) is 12.5. The first kappa shape index (κ1) is 18.1. The molecule has 1 atom stereocenters. The number of benzene rings is 2. The summed E-state index contributed by atoms with van der Waals surface area (Å²) >= 11 is 3.46. The highest BCUT2D eigenvalue weighted by Gasteiger charge is 2.17. The molecule has 1 heterocycles. The van der Waals surface area contributed by atoms with E-state index in [4.69, 9.17) is 4.74 Å². The lowest BCUT2D eigenvalue weighted by Gasteiger charge is -2.17. The number of para-hydroxylation sites is 1. The SMILES string of the molecule is Cc1ccc(OC(C)C(=O)Nc2ccccc2Cn2cncn2)c(Br)c1. The van der Waals surface area contributed by atoms with Gasteiger partial charge in [-0.25, -0.2) is 9.67 Å². The van der Waals surface area contributed by atoms with Crippen molar-refractivity contribution in [3.8, 4) is 5.75 Å². The number of anilines is 1. The first-order valence-corrected chi connectivity index (χ1v) is 8.96. The van der Waals surface area contributed by atoms with Crippen LogP contribution in [0.2, 0.25) is 0 Å². The van der Waals surface area contributed by atoms with E-state index in [0.717, 1.165) is 21.3 Å². The molecule has 3 rings (SSSR count). The zero-order valence-corrected chi connectivity index (χ0v) is 16.1. The van der Waals surface area contributed by atoms with Crippen molar-refractivity contribution in [2.45, 2.75) is 26.5 Å². The van der Waals surface area contributed by atoms with Crippen LogP contribution in [0, 0.1) is 6.92 Å². The highest BCUT2D eigenvalue weighted by molar-refractivity contribution is 9.10. The van der Waals surface area contributed by atoms with Gasteiger partial charge in [0.25, 0.3) is 5.91 Å². The third-order valence-electron chi connectivity index (χ3n) is 3.83. The van der Waals surface area contributed by atoms with E-state index in [-0.39, 0.29) is 5.91 Å². The lowest BCUT2D eigenvalue weighted by molar-refractivity contribution is -0.122. The van der Waals surface area contributed by atoms with Crippen LogP contribution in [0.3, 0.4) is 0 Å². The van der Waals surface area contributed by atoms with Crippen molar-refractivity contribution in [2.24, 2.45) is 0 Å². The van der Waals surface area contributed by atoms with Gasteiger partial charge in [-0.1, -0.05) is 24.3 Å². The fourth-order valence-corrected chi connectivity index (χ4v) is 3.04. The Morgan fingerprint density at radius 3 is 2.85 bits per heavy atom. The van der Waals surface area contributed by atoms with Crippen molar-refractivity contribution in [2.75, 3.05) is 5.32 Å². The number of aromatic nitrogens is 3. The predicted molar refractivity (Wildman–Crippen MR) is 103 cm³/mol. The number of carbonyl (C=O) groups is 1. The minimum absolute atomic E-state index is 0.219. The van der Waals surface area contributed by atoms with Crippen LogP contribution in [0.1, 0.15) is 18.1 Å². The van der Waals surface area contributed by atoms with Crippen LogP contribution < -0.4 is 10.1 Å². The summed E-state index contributed by atoms with van der Waals surface area (Å²) in [5.41, 5.74) is 2.78. The third-order valence-corrected chi connectivity index (χ3v) is 4.45. The Morgan fingerprint density at radius 1 is 1.31 bits per heavy atom. The second-order valence-corrected chi connectivity index (χ2v) is 6.79. The van der Waals surface area contributed by atoms with Gasteiger partial charge in [0.1, 0.15) is 18.4 Å². The molecule has 0 aliphatic rings. The van der Waals surface area contributed by atoms with Crippen LogP contribution >= 0.6 is 15.9 Å². The van der Waals surface area contributed by atoms with E-state index >= 15 is 0 Å². The summed E-state index contributed by atoms with van der Waals surface area (Å²) in [5.74, 6) is 0.415. The van der Waals surface area contributed by atoms with Gasteiger partial charge in [-0.15, -0.1) is 0 Å². The molecule has 7 heteroatoms. The Bertz CT molecular complexity index is 896. The largest absolute Gasteiger partial charge is 0.480 e. The lowest BCUT2D eigenvalue weighted by Crippen LogP contribution is -2.30. The maximum atomic E-state index is 12.6. The monoisotopic (exact) mass is 414 g/mol. The summed E-state index contributed by atoms with van der Waals surface area (Å²) in [6.45, 7) is 4.24. The molecule has 0 radical (unpaired) electrons. The van der Waals surface area contributed by atoms with E-state index in [1.54, 1.807) is 17.9 Å². The molecule has 0 saturated carbocycles. The number of halogens is 1. The van der Waals surface area contributed by atoms with Crippen LogP contribution in [0.4, 0.5) is 5.69 Å². The van der Waals surface area contributed by atoms with Gasteiger partial charge in [0.05, 0.1) is 11.0 Å². The summed E-state index contributed by atoms with van der Waals surface area (Å²) in [6, 6.07) is 13.3. The molecule has 0 aliphatic carbocycles. The summed E-state index contributed by atoms with van der Waals surface area (Å²) < 4.78 is 8.32. The second-order valence-electron chi connectivity index (χ2n) is 5.93. The average molecular weight is 415 g/mol. The standard InChI is InChI=1S/C19H19BrN4O2/c1-13-7-8-18(16(20)9-13)26-14(2)19(25)23-17-6-4-3-5-15(17)10-24-12-21-11-22-24/h3-9,11-12,14H,10H2,1-2H3,(H,23,25). The van der Waals surface area contributed by atoms with Gasteiger partial charge in [0, 0.05) is 5.69 Å². The highest BCUT2D eigenvalue weighted by atomic mass is 79.9. The molecule has 1 unspecified atom stereocenters. The molecule has 2 aromatic carbocycles. The summed E-state index contributed by atoms with van der Waals surface area (Å²) in [6.07, 6.45) is 2.48. The zero-order valence-electron chi connectivity index (χ0n) is 14.5. The van der Waals surface area contributed by atoms with Gasteiger partial charge in [-0.2, -0.15) is 5.10 Å². The topological polar surface area (TPSA) is 69.0 Å². The molecular weight excluding hydrogens is 396 g/mol. The number of rotatable bonds is 6. The maximum Gasteiger partial charge on any atom is 0.265 e. The van der Waals surface area contributed by atoms with Gasteiger partial charge in [0.2, 0.25) is 0 Å². The minimum Gasteiger partial charge on any atom is -0.480 e. The number of hydrogen-bond donors (Lipinski definition) is 1. The van der Waals surface area contributed by atoms with Crippen LogP contribution in [0.5, 0.6) is 5.75 Å². The Hall–Kier alpha value is -2.67. The Balaban J connectivity index is 1.69. The van der Waals surface area contributed by atoms with Crippen LogP contribution in [-0.2, 0) is 11.3 Å². The van der Waals surface area contributed by atoms with Gasteiger partial charge >= 0.3 is 0 Å². The van der Waals surface area contributed by atoms with Gasteiger partial charge in [-0.05, 0) is 59.1 Å².